The zero-order chi connectivity index (χ0) is 12.8. The van der Waals surface area contributed by atoms with E-state index in [0.29, 0.717) is 13.2 Å². The van der Waals surface area contributed by atoms with Gasteiger partial charge in [0.15, 0.2) is 0 Å². The van der Waals surface area contributed by atoms with Crippen molar-refractivity contribution in [2.24, 2.45) is 5.92 Å². The minimum Gasteiger partial charge on any atom is -0.379 e. The summed E-state index contributed by atoms with van der Waals surface area (Å²) >= 11 is 0. The van der Waals surface area contributed by atoms with Gasteiger partial charge in [-0.3, -0.25) is 9.63 Å². The monoisotopic (exact) mass is 256 g/mol. The topological polar surface area (TPSA) is 59.6 Å². The van der Waals surface area contributed by atoms with Crippen LogP contribution in [0.4, 0.5) is 0 Å². The van der Waals surface area contributed by atoms with Crippen LogP contribution in [0.15, 0.2) is 0 Å². The van der Waals surface area contributed by atoms with E-state index in [9.17, 15) is 4.79 Å². The molecule has 0 aromatic heterocycles. The number of hydrogen-bond acceptors (Lipinski definition) is 4. The molecule has 2 fully saturated rings. The zero-order valence-corrected chi connectivity index (χ0v) is 11.1. The maximum atomic E-state index is 12.0. The Morgan fingerprint density at radius 3 is 2.83 bits per heavy atom. The van der Waals surface area contributed by atoms with Crippen LogP contribution >= 0.6 is 0 Å². The molecule has 1 amide bonds. The summed E-state index contributed by atoms with van der Waals surface area (Å²) in [5.74, 6) is -0.175. The highest BCUT2D eigenvalue weighted by Gasteiger charge is 2.34. The SMILES string of the molecule is CCCNC1COCC1C(=O)NOC1CCCC1. The lowest BCUT2D eigenvalue weighted by molar-refractivity contribution is -0.142. The van der Waals surface area contributed by atoms with Crippen molar-refractivity contribution >= 4 is 5.91 Å². The Kier molecular flexibility index (Phi) is 5.41. The lowest BCUT2D eigenvalue weighted by Gasteiger charge is -2.19. The lowest BCUT2D eigenvalue weighted by atomic mass is 10.0. The Morgan fingerprint density at radius 2 is 2.11 bits per heavy atom. The third-order valence-electron chi connectivity index (χ3n) is 3.70. The fourth-order valence-corrected chi connectivity index (χ4v) is 2.57. The van der Waals surface area contributed by atoms with Gasteiger partial charge in [0.25, 0.3) is 5.91 Å². The first-order valence-corrected chi connectivity index (χ1v) is 7.08. The zero-order valence-electron chi connectivity index (χ0n) is 11.1. The first-order chi connectivity index (χ1) is 8.81. The second-order valence-corrected chi connectivity index (χ2v) is 5.20. The Hall–Kier alpha value is -0.650. The number of carbonyl (C=O) groups excluding carboxylic acids is 1. The van der Waals surface area contributed by atoms with Crippen molar-refractivity contribution < 1.29 is 14.4 Å². The first kappa shape index (κ1) is 13.8. The molecule has 0 spiro atoms. The molecule has 18 heavy (non-hydrogen) atoms. The summed E-state index contributed by atoms with van der Waals surface area (Å²) in [6, 6.07) is 0.122. The molecule has 2 aliphatic rings. The maximum Gasteiger partial charge on any atom is 0.250 e. The number of carbonyl (C=O) groups is 1. The number of hydrogen-bond donors (Lipinski definition) is 2. The largest absolute Gasteiger partial charge is 0.379 e. The summed E-state index contributed by atoms with van der Waals surface area (Å²) in [6.07, 6.45) is 5.78. The highest BCUT2D eigenvalue weighted by Crippen LogP contribution is 2.20. The molecule has 2 atom stereocenters. The second-order valence-electron chi connectivity index (χ2n) is 5.20. The fraction of sp³-hybridized carbons (Fsp3) is 0.923. The average Bonchev–Trinajstić information content (AvgIpc) is 3.04. The van der Waals surface area contributed by atoms with E-state index in [2.05, 4.69) is 17.7 Å². The Labute approximate surface area is 109 Å². The van der Waals surface area contributed by atoms with Crippen LogP contribution in [-0.2, 0) is 14.4 Å². The van der Waals surface area contributed by atoms with Gasteiger partial charge in [-0.05, 0) is 25.8 Å². The summed E-state index contributed by atoms with van der Waals surface area (Å²) in [7, 11) is 0. The second kappa shape index (κ2) is 7.07. The van der Waals surface area contributed by atoms with Crippen LogP contribution in [0.3, 0.4) is 0 Å². The van der Waals surface area contributed by atoms with Crippen LogP contribution in [0.5, 0.6) is 0 Å². The Bertz CT molecular complexity index is 267. The van der Waals surface area contributed by atoms with Crippen LogP contribution < -0.4 is 10.8 Å². The van der Waals surface area contributed by atoms with Crippen LogP contribution in [0.2, 0.25) is 0 Å². The highest BCUT2D eigenvalue weighted by atomic mass is 16.7. The van der Waals surface area contributed by atoms with E-state index in [1.807, 2.05) is 0 Å². The number of nitrogens with one attached hydrogen (secondary N) is 2. The predicted molar refractivity (Wildman–Crippen MR) is 67.9 cm³/mol. The molecule has 0 bridgehead atoms. The van der Waals surface area contributed by atoms with Gasteiger partial charge in [0.05, 0.1) is 25.2 Å². The van der Waals surface area contributed by atoms with E-state index in [1.54, 1.807) is 0 Å². The highest BCUT2D eigenvalue weighted by molar-refractivity contribution is 5.78. The van der Waals surface area contributed by atoms with Gasteiger partial charge in [-0.1, -0.05) is 19.8 Å². The molecule has 1 saturated carbocycles. The quantitative estimate of drug-likeness (QED) is 0.696. The van der Waals surface area contributed by atoms with Crippen molar-refractivity contribution in [3.8, 4) is 0 Å². The first-order valence-electron chi connectivity index (χ1n) is 7.08. The Morgan fingerprint density at radius 1 is 1.33 bits per heavy atom. The van der Waals surface area contributed by atoms with Crippen molar-refractivity contribution in [1.29, 1.82) is 0 Å². The molecule has 1 saturated heterocycles. The van der Waals surface area contributed by atoms with E-state index in [-0.39, 0.29) is 24.0 Å². The molecule has 2 N–H and O–H groups in total. The van der Waals surface area contributed by atoms with Crippen LogP contribution in [0, 0.1) is 5.92 Å². The van der Waals surface area contributed by atoms with Crippen molar-refractivity contribution in [3.05, 3.63) is 0 Å². The standard InChI is InChI=1S/C13H24N2O3/c1-2-7-14-12-9-17-8-11(12)13(16)15-18-10-5-3-4-6-10/h10-12,14H,2-9H2,1H3,(H,15,16). The van der Waals surface area contributed by atoms with E-state index < -0.39 is 0 Å². The third kappa shape index (κ3) is 3.67. The van der Waals surface area contributed by atoms with E-state index >= 15 is 0 Å². The van der Waals surface area contributed by atoms with E-state index in [1.165, 1.54) is 12.8 Å². The van der Waals surface area contributed by atoms with Crippen LogP contribution in [-0.4, -0.2) is 37.8 Å². The molecule has 104 valence electrons. The number of rotatable bonds is 6. The molecule has 5 nitrogen and oxygen atoms in total. The van der Waals surface area contributed by atoms with Crippen molar-refractivity contribution in [3.63, 3.8) is 0 Å². The van der Waals surface area contributed by atoms with Crippen LogP contribution in [0.1, 0.15) is 39.0 Å². The molecule has 1 aliphatic carbocycles. The summed E-state index contributed by atoms with van der Waals surface area (Å²) in [6.45, 7) is 4.13. The summed E-state index contributed by atoms with van der Waals surface area (Å²) in [5.41, 5.74) is 2.61. The third-order valence-corrected chi connectivity index (χ3v) is 3.70. The summed E-state index contributed by atoms with van der Waals surface area (Å²) in [4.78, 5) is 17.5. The normalized spacial score (nSPS) is 28.7. The average molecular weight is 256 g/mol. The van der Waals surface area contributed by atoms with E-state index in [4.69, 9.17) is 9.57 Å². The molecule has 0 aromatic rings. The van der Waals surface area contributed by atoms with Crippen molar-refractivity contribution in [1.82, 2.24) is 10.8 Å². The molecule has 2 rings (SSSR count). The number of amides is 1. The van der Waals surface area contributed by atoms with Crippen molar-refractivity contribution in [2.45, 2.75) is 51.2 Å². The molecule has 1 aliphatic heterocycles. The fourth-order valence-electron chi connectivity index (χ4n) is 2.57. The molecule has 0 aromatic carbocycles. The lowest BCUT2D eigenvalue weighted by Crippen LogP contribution is -2.44. The molecule has 0 radical (unpaired) electrons. The minimum atomic E-state index is -0.127. The van der Waals surface area contributed by atoms with Gasteiger partial charge in [0.1, 0.15) is 0 Å². The summed E-state index contributed by atoms with van der Waals surface area (Å²) < 4.78 is 5.38. The van der Waals surface area contributed by atoms with Gasteiger partial charge in [0.2, 0.25) is 0 Å². The molecule has 2 unspecified atom stereocenters. The van der Waals surface area contributed by atoms with Crippen LogP contribution in [0.25, 0.3) is 0 Å². The Balaban J connectivity index is 1.72. The van der Waals surface area contributed by atoms with Gasteiger partial charge in [0, 0.05) is 6.04 Å². The van der Waals surface area contributed by atoms with Gasteiger partial charge in [-0.2, -0.15) is 0 Å². The van der Waals surface area contributed by atoms with Gasteiger partial charge in [-0.15, -0.1) is 0 Å². The predicted octanol–water partition coefficient (Wildman–Crippen LogP) is 0.991. The summed E-state index contributed by atoms with van der Waals surface area (Å²) in [5, 5.41) is 3.35. The maximum absolute atomic E-state index is 12.0. The van der Waals surface area contributed by atoms with Gasteiger partial charge >= 0.3 is 0 Å². The van der Waals surface area contributed by atoms with E-state index in [0.717, 1.165) is 25.8 Å². The van der Waals surface area contributed by atoms with Crippen molar-refractivity contribution in [2.75, 3.05) is 19.8 Å². The minimum absolute atomic E-state index is 0.0481. The molecule has 1 heterocycles. The molecular weight excluding hydrogens is 232 g/mol. The van der Waals surface area contributed by atoms with Gasteiger partial charge < -0.3 is 10.1 Å². The number of ether oxygens (including phenoxy) is 1. The number of hydroxylamine groups is 1. The molecule has 5 heteroatoms. The smallest absolute Gasteiger partial charge is 0.250 e. The molecular formula is C13H24N2O3. The van der Waals surface area contributed by atoms with Gasteiger partial charge in [-0.25, -0.2) is 5.48 Å².